The standard InChI is InChI=1S/C32H36N4/c1-5-15-27(16-6-1)31-32(28-17-7-2-8-18-28,29-19-9-3-10-20-29)36(30-21-11-4-12-22-30)35-26-14-24-33-23-13-25-34-31/h1-12,15-22,31,33-35H,13-14,23-26H2. The van der Waals surface area contributed by atoms with Crippen LogP contribution in [0.2, 0.25) is 0 Å². The molecule has 1 fully saturated rings. The van der Waals surface area contributed by atoms with Crippen LogP contribution in [-0.4, -0.2) is 26.2 Å². The Morgan fingerprint density at radius 3 is 1.64 bits per heavy atom. The van der Waals surface area contributed by atoms with E-state index in [0.717, 1.165) is 44.7 Å². The van der Waals surface area contributed by atoms with Crippen molar-refractivity contribution in [1.82, 2.24) is 16.1 Å². The maximum atomic E-state index is 4.02. The number of hydrazine groups is 1. The van der Waals surface area contributed by atoms with E-state index in [0.29, 0.717) is 0 Å². The van der Waals surface area contributed by atoms with Crippen molar-refractivity contribution >= 4 is 5.69 Å². The average Bonchev–Trinajstić information content (AvgIpc) is 2.95. The molecule has 4 heteroatoms. The van der Waals surface area contributed by atoms with Gasteiger partial charge in [0.2, 0.25) is 0 Å². The van der Waals surface area contributed by atoms with Gasteiger partial charge in [-0.3, -0.25) is 5.01 Å². The van der Waals surface area contributed by atoms with E-state index in [1.54, 1.807) is 0 Å². The minimum atomic E-state index is -0.558. The molecular weight excluding hydrogens is 440 g/mol. The lowest BCUT2D eigenvalue weighted by Crippen LogP contribution is -2.61. The highest BCUT2D eigenvalue weighted by molar-refractivity contribution is 5.58. The Bertz CT molecular complexity index is 1070. The predicted octanol–water partition coefficient (Wildman–Crippen LogP) is 5.66. The van der Waals surface area contributed by atoms with E-state index >= 15 is 0 Å². The van der Waals surface area contributed by atoms with Crippen LogP contribution in [0.5, 0.6) is 0 Å². The molecule has 36 heavy (non-hydrogen) atoms. The number of hydrogen-bond acceptors (Lipinski definition) is 4. The lowest BCUT2D eigenvalue weighted by atomic mass is 9.73. The highest BCUT2D eigenvalue weighted by atomic mass is 15.5. The summed E-state index contributed by atoms with van der Waals surface area (Å²) in [4.78, 5) is 0. The first-order chi connectivity index (χ1) is 17.9. The summed E-state index contributed by atoms with van der Waals surface area (Å²) in [5.41, 5.74) is 8.22. The number of hydrogen-bond donors (Lipinski definition) is 3. The molecule has 1 aliphatic rings. The highest BCUT2D eigenvalue weighted by Crippen LogP contribution is 2.47. The summed E-state index contributed by atoms with van der Waals surface area (Å²) in [7, 11) is 0. The number of para-hydroxylation sites is 1. The van der Waals surface area contributed by atoms with Gasteiger partial charge in [-0.2, -0.15) is 0 Å². The van der Waals surface area contributed by atoms with Crippen molar-refractivity contribution < 1.29 is 0 Å². The lowest BCUT2D eigenvalue weighted by Gasteiger charge is -2.51. The Hall–Kier alpha value is -3.44. The van der Waals surface area contributed by atoms with Gasteiger partial charge in [0.1, 0.15) is 5.54 Å². The van der Waals surface area contributed by atoms with E-state index in [1.807, 2.05) is 0 Å². The fourth-order valence-electron chi connectivity index (χ4n) is 5.41. The fraction of sp³-hybridized carbons (Fsp3) is 0.250. The predicted molar refractivity (Wildman–Crippen MR) is 150 cm³/mol. The van der Waals surface area contributed by atoms with Crippen LogP contribution < -0.4 is 21.1 Å². The first-order valence-corrected chi connectivity index (χ1v) is 13.1. The molecule has 1 heterocycles. The molecule has 0 saturated carbocycles. The first-order valence-electron chi connectivity index (χ1n) is 13.1. The summed E-state index contributed by atoms with van der Waals surface area (Å²) in [6.07, 6.45) is 2.12. The molecule has 3 N–H and O–H groups in total. The van der Waals surface area contributed by atoms with Crippen LogP contribution in [0.25, 0.3) is 0 Å². The van der Waals surface area contributed by atoms with Gasteiger partial charge in [-0.05, 0) is 61.3 Å². The third-order valence-electron chi connectivity index (χ3n) is 7.02. The topological polar surface area (TPSA) is 39.3 Å². The molecule has 0 bridgehead atoms. The minimum Gasteiger partial charge on any atom is -0.317 e. The molecule has 1 unspecified atom stereocenters. The Kier molecular flexibility index (Phi) is 8.09. The van der Waals surface area contributed by atoms with Crippen LogP contribution in [-0.2, 0) is 5.54 Å². The minimum absolute atomic E-state index is 0.0179. The molecule has 5 rings (SSSR count). The fourth-order valence-corrected chi connectivity index (χ4v) is 5.41. The van der Waals surface area contributed by atoms with Gasteiger partial charge in [-0.15, -0.1) is 0 Å². The van der Waals surface area contributed by atoms with Crippen LogP contribution in [0.1, 0.15) is 35.6 Å². The van der Waals surface area contributed by atoms with E-state index in [9.17, 15) is 0 Å². The maximum Gasteiger partial charge on any atom is 0.125 e. The monoisotopic (exact) mass is 476 g/mol. The largest absolute Gasteiger partial charge is 0.317 e. The Morgan fingerprint density at radius 1 is 0.556 bits per heavy atom. The normalized spacial score (nSPS) is 19.1. The summed E-state index contributed by atoms with van der Waals surface area (Å²) < 4.78 is 0. The zero-order valence-electron chi connectivity index (χ0n) is 20.8. The molecule has 4 aromatic rings. The summed E-state index contributed by atoms with van der Waals surface area (Å²) in [5, 5.41) is 10.0. The van der Waals surface area contributed by atoms with Crippen LogP contribution >= 0.6 is 0 Å². The van der Waals surface area contributed by atoms with Crippen molar-refractivity contribution in [3.63, 3.8) is 0 Å². The third kappa shape index (κ3) is 5.07. The SMILES string of the molecule is c1ccc(C2NCCCNCCCNN(c3ccccc3)C2(c2ccccc2)c2ccccc2)cc1. The number of nitrogens with one attached hydrogen (secondary N) is 3. The molecule has 0 aliphatic carbocycles. The summed E-state index contributed by atoms with van der Waals surface area (Å²) in [5.74, 6) is 0. The van der Waals surface area contributed by atoms with Crippen molar-refractivity contribution in [2.45, 2.75) is 24.4 Å². The first kappa shape index (κ1) is 24.3. The number of nitrogens with zero attached hydrogens (tertiary/aromatic N) is 1. The average molecular weight is 477 g/mol. The lowest BCUT2D eigenvalue weighted by molar-refractivity contribution is 0.298. The highest BCUT2D eigenvalue weighted by Gasteiger charge is 2.48. The summed E-state index contributed by atoms with van der Waals surface area (Å²) >= 11 is 0. The molecule has 4 aromatic carbocycles. The molecule has 4 nitrogen and oxygen atoms in total. The summed E-state index contributed by atoms with van der Waals surface area (Å²) in [6.45, 7) is 3.80. The Balaban J connectivity index is 1.83. The smallest absolute Gasteiger partial charge is 0.125 e. The molecule has 1 aliphatic heterocycles. The molecule has 1 atom stereocenters. The van der Waals surface area contributed by atoms with Crippen LogP contribution in [0, 0.1) is 0 Å². The Morgan fingerprint density at radius 2 is 1.06 bits per heavy atom. The third-order valence-corrected chi connectivity index (χ3v) is 7.02. The van der Waals surface area contributed by atoms with Crippen molar-refractivity contribution in [2.75, 3.05) is 31.2 Å². The number of rotatable bonds is 4. The van der Waals surface area contributed by atoms with Gasteiger partial charge in [0.25, 0.3) is 0 Å². The quantitative estimate of drug-likeness (QED) is 0.356. The molecule has 0 spiro atoms. The number of anilines is 1. The zero-order chi connectivity index (χ0) is 24.5. The van der Waals surface area contributed by atoms with Gasteiger partial charge >= 0.3 is 0 Å². The van der Waals surface area contributed by atoms with E-state index in [1.165, 1.54) is 16.7 Å². The van der Waals surface area contributed by atoms with Crippen LogP contribution in [0.4, 0.5) is 5.69 Å². The molecule has 0 aromatic heterocycles. The molecule has 1 saturated heterocycles. The van der Waals surface area contributed by atoms with Crippen LogP contribution in [0.3, 0.4) is 0 Å². The Labute approximate surface area is 215 Å². The van der Waals surface area contributed by atoms with Crippen LogP contribution in [0.15, 0.2) is 121 Å². The zero-order valence-corrected chi connectivity index (χ0v) is 20.8. The van der Waals surface area contributed by atoms with E-state index < -0.39 is 5.54 Å². The van der Waals surface area contributed by atoms with Gasteiger partial charge in [0.05, 0.1) is 11.7 Å². The second kappa shape index (κ2) is 12.0. The van der Waals surface area contributed by atoms with E-state index in [2.05, 4.69) is 142 Å². The van der Waals surface area contributed by atoms with Crippen molar-refractivity contribution in [1.29, 1.82) is 0 Å². The van der Waals surface area contributed by atoms with Gasteiger partial charge in [0.15, 0.2) is 0 Å². The molecule has 0 radical (unpaired) electrons. The second-order valence-corrected chi connectivity index (χ2v) is 9.33. The van der Waals surface area contributed by atoms with Crippen molar-refractivity contribution in [3.8, 4) is 0 Å². The maximum absolute atomic E-state index is 4.02. The van der Waals surface area contributed by atoms with E-state index in [-0.39, 0.29) is 6.04 Å². The molecule has 0 amide bonds. The van der Waals surface area contributed by atoms with Crippen molar-refractivity contribution in [3.05, 3.63) is 138 Å². The number of benzene rings is 4. The van der Waals surface area contributed by atoms with Gasteiger partial charge in [0, 0.05) is 6.54 Å². The molecular formula is C32H36N4. The second-order valence-electron chi connectivity index (χ2n) is 9.33. The van der Waals surface area contributed by atoms with Crippen molar-refractivity contribution in [2.24, 2.45) is 0 Å². The molecule has 184 valence electrons. The van der Waals surface area contributed by atoms with Gasteiger partial charge in [-0.25, -0.2) is 5.43 Å². The van der Waals surface area contributed by atoms with E-state index in [4.69, 9.17) is 0 Å². The summed E-state index contributed by atoms with van der Waals surface area (Å²) in [6, 6.07) is 43.6. The van der Waals surface area contributed by atoms with Gasteiger partial charge < -0.3 is 10.6 Å². The van der Waals surface area contributed by atoms with Gasteiger partial charge in [-0.1, -0.05) is 109 Å².